The van der Waals surface area contributed by atoms with Gasteiger partial charge in [0, 0.05) is 43.6 Å². The van der Waals surface area contributed by atoms with Crippen LogP contribution >= 0.6 is 0 Å². The number of nitrogens with zero attached hydrogens (tertiary/aromatic N) is 2. The van der Waals surface area contributed by atoms with Gasteiger partial charge in [-0.2, -0.15) is 0 Å². The molecule has 0 bridgehead atoms. The van der Waals surface area contributed by atoms with Gasteiger partial charge in [0.2, 0.25) is 5.91 Å². The second kappa shape index (κ2) is 7.66. The minimum absolute atomic E-state index is 0.0183. The minimum Gasteiger partial charge on any atom is -0.497 e. The van der Waals surface area contributed by atoms with E-state index < -0.39 is 0 Å². The Labute approximate surface area is 154 Å². The molecular formula is C20H28N2O4. The lowest BCUT2D eigenvalue weighted by atomic mass is 9.73. The second-order valence-electron chi connectivity index (χ2n) is 7.55. The van der Waals surface area contributed by atoms with Gasteiger partial charge in [0.15, 0.2) is 0 Å². The van der Waals surface area contributed by atoms with E-state index >= 15 is 0 Å². The van der Waals surface area contributed by atoms with Crippen LogP contribution in [0.15, 0.2) is 18.2 Å². The summed E-state index contributed by atoms with van der Waals surface area (Å²) in [5.41, 5.74) is 1.58. The highest BCUT2D eigenvalue weighted by Crippen LogP contribution is 2.39. The van der Waals surface area contributed by atoms with E-state index in [0.717, 1.165) is 37.1 Å². The molecule has 6 heteroatoms. The van der Waals surface area contributed by atoms with Crippen LogP contribution < -0.4 is 4.74 Å². The number of rotatable bonds is 4. The Morgan fingerprint density at radius 2 is 2.12 bits per heavy atom. The van der Waals surface area contributed by atoms with Crippen molar-refractivity contribution in [1.82, 2.24) is 9.80 Å². The van der Waals surface area contributed by atoms with E-state index in [1.54, 1.807) is 12.0 Å². The van der Waals surface area contributed by atoms with Crippen molar-refractivity contribution in [2.75, 3.05) is 39.9 Å². The molecule has 3 rings (SSSR count). The summed E-state index contributed by atoms with van der Waals surface area (Å²) in [6.07, 6.45) is 3.29. The van der Waals surface area contributed by atoms with Gasteiger partial charge in [-0.05, 0) is 49.9 Å². The molecule has 26 heavy (non-hydrogen) atoms. The van der Waals surface area contributed by atoms with Gasteiger partial charge in [0.05, 0.1) is 13.7 Å². The summed E-state index contributed by atoms with van der Waals surface area (Å²) >= 11 is 0. The first-order chi connectivity index (χ1) is 12.5. The predicted molar refractivity (Wildman–Crippen MR) is 98.2 cm³/mol. The second-order valence-corrected chi connectivity index (χ2v) is 7.55. The summed E-state index contributed by atoms with van der Waals surface area (Å²) in [5.74, 6) is 0.911. The number of piperidine rings is 2. The number of carbonyl (C=O) groups is 2. The molecule has 2 aliphatic heterocycles. The third-order valence-corrected chi connectivity index (χ3v) is 5.73. The molecule has 2 heterocycles. The molecule has 2 aliphatic rings. The Hall–Kier alpha value is -2.08. The fourth-order valence-electron chi connectivity index (χ4n) is 4.31. The number of hydrogen-bond acceptors (Lipinski definition) is 4. The topological polar surface area (TPSA) is 70.1 Å². The van der Waals surface area contributed by atoms with Crippen LogP contribution in [0.3, 0.4) is 0 Å². The normalized spacial score (nSPS) is 23.4. The number of ether oxygens (including phenoxy) is 1. The third kappa shape index (κ3) is 3.70. The van der Waals surface area contributed by atoms with Crippen LogP contribution in [0.25, 0.3) is 0 Å². The molecule has 2 amide bonds. The number of hydrogen-bond donors (Lipinski definition) is 1. The number of methoxy groups -OCH3 is 1. The van der Waals surface area contributed by atoms with Gasteiger partial charge in [-0.15, -0.1) is 0 Å². The van der Waals surface area contributed by atoms with Crippen molar-refractivity contribution in [1.29, 1.82) is 0 Å². The molecule has 1 aromatic rings. The van der Waals surface area contributed by atoms with E-state index in [0.29, 0.717) is 31.6 Å². The number of carbonyl (C=O) groups excluding carboxylic acids is 2. The van der Waals surface area contributed by atoms with Gasteiger partial charge < -0.3 is 19.6 Å². The molecule has 0 aromatic heterocycles. The average Bonchev–Trinajstić information content (AvgIpc) is 2.64. The molecule has 2 fully saturated rings. The Morgan fingerprint density at radius 1 is 1.31 bits per heavy atom. The highest BCUT2D eigenvalue weighted by molar-refractivity contribution is 5.96. The average molecular weight is 360 g/mol. The summed E-state index contributed by atoms with van der Waals surface area (Å²) in [7, 11) is 1.62. The molecule has 6 nitrogen and oxygen atoms in total. The largest absolute Gasteiger partial charge is 0.497 e. The van der Waals surface area contributed by atoms with Gasteiger partial charge in [-0.25, -0.2) is 0 Å². The minimum atomic E-state index is -0.0443. The molecule has 0 saturated carbocycles. The van der Waals surface area contributed by atoms with Crippen molar-refractivity contribution < 1.29 is 19.4 Å². The first-order valence-corrected chi connectivity index (χ1v) is 9.30. The van der Waals surface area contributed by atoms with E-state index in [4.69, 9.17) is 4.74 Å². The van der Waals surface area contributed by atoms with Crippen molar-refractivity contribution in [2.45, 2.75) is 32.6 Å². The van der Waals surface area contributed by atoms with E-state index in [1.807, 2.05) is 30.0 Å². The Balaban J connectivity index is 1.75. The zero-order valence-electron chi connectivity index (χ0n) is 15.7. The molecule has 1 N–H and O–H groups in total. The molecule has 0 unspecified atom stereocenters. The third-order valence-electron chi connectivity index (χ3n) is 5.73. The Bertz CT molecular complexity index is 690. The summed E-state index contributed by atoms with van der Waals surface area (Å²) in [5, 5.41) is 9.22. The molecule has 142 valence electrons. The maximum Gasteiger partial charge on any atom is 0.254 e. The van der Waals surface area contributed by atoms with Crippen molar-refractivity contribution in [3.8, 4) is 5.75 Å². The first-order valence-electron chi connectivity index (χ1n) is 9.30. The summed E-state index contributed by atoms with van der Waals surface area (Å²) in [4.78, 5) is 28.9. The quantitative estimate of drug-likeness (QED) is 0.889. The van der Waals surface area contributed by atoms with Crippen LogP contribution in [0, 0.1) is 12.3 Å². The number of amides is 2. The molecule has 0 radical (unpaired) electrons. The van der Waals surface area contributed by atoms with Crippen molar-refractivity contribution in [3.05, 3.63) is 29.3 Å². The summed E-state index contributed by atoms with van der Waals surface area (Å²) in [6, 6.07) is 5.54. The predicted octanol–water partition coefficient (Wildman–Crippen LogP) is 1.84. The van der Waals surface area contributed by atoms with Crippen LogP contribution in [-0.2, 0) is 4.79 Å². The Kier molecular flexibility index (Phi) is 5.51. The van der Waals surface area contributed by atoms with Crippen molar-refractivity contribution in [2.24, 2.45) is 5.41 Å². The van der Waals surface area contributed by atoms with Gasteiger partial charge >= 0.3 is 0 Å². The summed E-state index contributed by atoms with van der Waals surface area (Å²) < 4.78 is 5.23. The number of aliphatic hydroxyl groups is 1. The number of likely N-dealkylation sites (tertiary alicyclic amines) is 2. The zero-order chi connectivity index (χ0) is 18.7. The SMILES string of the molecule is COc1ccc(C(=O)N2CCC[C@@]3(CCC(=O)N(CCO)C3)C2)c(C)c1. The lowest BCUT2D eigenvalue weighted by Gasteiger charge is -2.48. The van der Waals surface area contributed by atoms with Gasteiger partial charge in [0.1, 0.15) is 5.75 Å². The van der Waals surface area contributed by atoms with Crippen LogP contribution in [0.5, 0.6) is 5.75 Å². The maximum atomic E-state index is 13.1. The van der Waals surface area contributed by atoms with E-state index in [9.17, 15) is 14.7 Å². The van der Waals surface area contributed by atoms with Crippen LogP contribution in [0.1, 0.15) is 41.6 Å². The molecule has 1 atom stereocenters. The Morgan fingerprint density at radius 3 is 2.81 bits per heavy atom. The fourth-order valence-corrected chi connectivity index (χ4v) is 4.31. The number of benzene rings is 1. The van der Waals surface area contributed by atoms with Crippen LogP contribution in [0.2, 0.25) is 0 Å². The van der Waals surface area contributed by atoms with Gasteiger partial charge in [0.25, 0.3) is 5.91 Å². The molecule has 0 aliphatic carbocycles. The lowest BCUT2D eigenvalue weighted by molar-refractivity contribution is -0.139. The summed E-state index contributed by atoms with van der Waals surface area (Å²) in [6.45, 7) is 4.35. The van der Waals surface area contributed by atoms with Crippen molar-refractivity contribution in [3.63, 3.8) is 0 Å². The highest BCUT2D eigenvalue weighted by Gasteiger charge is 2.42. The van der Waals surface area contributed by atoms with Gasteiger partial charge in [-0.1, -0.05) is 0 Å². The van der Waals surface area contributed by atoms with Crippen molar-refractivity contribution >= 4 is 11.8 Å². The number of aryl methyl sites for hydroxylation is 1. The lowest BCUT2D eigenvalue weighted by Crippen LogP contribution is -2.55. The molecule has 1 aromatic carbocycles. The van der Waals surface area contributed by atoms with E-state index in [2.05, 4.69) is 0 Å². The maximum absolute atomic E-state index is 13.1. The van der Waals surface area contributed by atoms with Crippen LogP contribution in [-0.4, -0.2) is 66.6 Å². The van der Waals surface area contributed by atoms with E-state index in [1.165, 1.54) is 0 Å². The first kappa shape index (κ1) is 18.7. The molecule has 1 spiro atoms. The standard InChI is InChI=1S/C20H28N2O4/c1-15-12-16(26-2)4-5-17(15)19(25)22-9-3-7-20(14-22)8-6-18(24)21(13-20)10-11-23/h4-5,12,23H,3,6-11,13-14H2,1-2H3/t20-/m0/s1. The number of aliphatic hydroxyl groups excluding tert-OH is 1. The number of β-amino-alcohol motifs (C(OH)–C–C–N with tert-alkyl or cyclic N) is 1. The zero-order valence-corrected chi connectivity index (χ0v) is 15.7. The van der Waals surface area contributed by atoms with E-state index in [-0.39, 0.29) is 23.8 Å². The molecule has 2 saturated heterocycles. The monoisotopic (exact) mass is 360 g/mol. The van der Waals surface area contributed by atoms with Crippen LogP contribution in [0.4, 0.5) is 0 Å². The van der Waals surface area contributed by atoms with Gasteiger partial charge in [-0.3, -0.25) is 9.59 Å². The smallest absolute Gasteiger partial charge is 0.254 e. The highest BCUT2D eigenvalue weighted by atomic mass is 16.5. The fraction of sp³-hybridized carbons (Fsp3) is 0.600. The molecular weight excluding hydrogens is 332 g/mol.